The predicted octanol–water partition coefficient (Wildman–Crippen LogP) is 5.23. The van der Waals surface area contributed by atoms with Crippen molar-refractivity contribution in [1.82, 2.24) is 14.6 Å². The number of nitrogens with one attached hydrogen (secondary N) is 1. The SMILES string of the molecule is Cc1cccc(-c2c(C)nn3c(C)c(C(=O)Nc4ccc(Cl)cc4)cnc23)c1. The second kappa shape index (κ2) is 7.09. The van der Waals surface area contributed by atoms with E-state index in [1.54, 1.807) is 35.0 Å². The van der Waals surface area contributed by atoms with Gasteiger partial charge in [0.25, 0.3) is 5.91 Å². The second-order valence-corrected chi connectivity index (χ2v) is 7.22. The van der Waals surface area contributed by atoms with Crippen LogP contribution in [-0.4, -0.2) is 20.5 Å². The Labute approximate surface area is 168 Å². The number of hydrogen-bond acceptors (Lipinski definition) is 3. The van der Waals surface area contributed by atoms with E-state index in [1.165, 1.54) is 5.56 Å². The highest BCUT2D eigenvalue weighted by Crippen LogP contribution is 2.29. The van der Waals surface area contributed by atoms with Gasteiger partial charge in [-0.2, -0.15) is 5.10 Å². The average molecular weight is 391 g/mol. The van der Waals surface area contributed by atoms with Crippen LogP contribution < -0.4 is 5.32 Å². The van der Waals surface area contributed by atoms with Crippen LogP contribution in [0.25, 0.3) is 16.8 Å². The predicted molar refractivity (Wildman–Crippen MR) is 112 cm³/mol. The van der Waals surface area contributed by atoms with Gasteiger partial charge in [-0.25, -0.2) is 9.50 Å². The molecule has 0 saturated heterocycles. The van der Waals surface area contributed by atoms with Gasteiger partial charge in [-0.05, 0) is 50.6 Å². The lowest BCUT2D eigenvalue weighted by molar-refractivity contribution is 0.102. The molecule has 0 aliphatic carbocycles. The number of carbonyl (C=O) groups is 1. The monoisotopic (exact) mass is 390 g/mol. The molecule has 2 aromatic heterocycles. The van der Waals surface area contributed by atoms with E-state index in [-0.39, 0.29) is 5.91 Å². The standard InChI is InChI=1S/C22H19ClN4O/c1-13-5-4-6-16(11-13)20-14(2)26-27-15(3)19(12-24-21(20)27)22(28)25-18-9-7-17(23)8-10-18/h4-12H,1-3H3,(H,25,28). The van der Waals surface area contributed by atoms with Gasteiger partial charge in [-0.1, -0.05) is 41.4 Å². The smallest absolute Gasteiger partial charge is 0.259 e. The lowest BCUT2D eigenvalue weighted by Crippen LogP contribution is -2.16. The zero-order valence-corrected chi connectivity index (χ0v) is 16.6. The molecule has 0 aliphatic heterocycles. The third-order valence-corrected chi connectivity index (χ3v) is 4.96. The molecular weight excluding hydrogens is 372 g/mol. The highest BCUT2D eigenvalue weighted by molar-refractivity contribution is 6.30. The van der Waals surface area contributed by atoms with Crippen LogP contribution in [0.5, 0.6) is 0 Å². The lowest BCUT2D eigenvalue weighted by atomic mass is 10.0. The van der Waals surface area contributed by atoms with E-state index in [1.807, 2.05) is 19.9 Å². The number of nitrogens with zero attached hydrogens (tertiary/aromatic N) is 3. The van der Waals surface area contributed by atoms with Crippen molar-refractivity contribution in [3.8, 4) is 11.1 Å². The highest BCUT2D eigenvalue weighted by Gasteiger charge is 2.19. The molecule has 0 aliphatic rings. The normalized spacial score (nSPS) is 11.0. The van der Waals surface area contributed by atoms with Gasteiger partial charge in [0.05, 0.1) is 17.0 Å². The summed E-state index contributed by atoms with van der Waals surface area (Å²) in [5.41, 5.74) is 6.71. The van der Waals surface area contributed by atoms with E-state index >= 15 is 0 Å². The molecule has 1 N–H and O–H groups in total. The van der Waals surface area contributed by atoms with Crippen LogP contribution in [0, 0.1) is 20.8 Å². The van der Waals surface area contributed by atoms with Crippen molar-refractivity contribution in [2.24, 2.45) is 0 Å². The summed E-state index contributed by atoms with van der Waals surface area (Å²) in [4.78, 5) is 17.3. The minimum Gasteiger partial charge on any atom is -0.322 e. The van der Waals surface area contributed by atoms with E-state index in [4.69, 9.17) is 11.6 Å². The first-order valence-electron chi connectivity index (χ1n) is 8.93. The topological polar surface area (TPSA) is 59.3 Å². The molecule has 2 heterocycles. The number of aryl methyl sites for hydroxylation is 3. The summed E-state index contributed by atoms with van der Waals surface area (Å²) < 4.78 is 1.74. The number of rotatable bonds is 3. The molecule has 0 fully saturated rings. The molecule has 140 valence electrons. The molecule has 0 unspecified atom stereocenters. The number of carbonyl (C=O) groups excluding carboxylic acids is 1. The van der Waals surface area contributed by atoms with E-state index < -0.39 is 0 Å². The largest absolute Gasteiger partial charge is 0.322 e. The van der Waals surface area contributed by atoms with Crippen LogP contribution >= 0.6 is 11.6 Å². The Balaban J connectivity index is 1.75. The van der Waals surface area contributed by atoms with Crippen molar-refractivity contribution in [2.45, 2.75) is 20.8 Å². The fraction of sp³-hybridized carbons (Fsp3) is 0.136. The number of aromatic nitrogens is 3. The van der Waals surface area contributed by atoms with Gasteiger partial charge in [-0.3, -0.25) is 4.79 Å². The van der Waals surface area contributed by atoms with Crippen LogP contribution in [-0.2, 0) is 0 Å². The minimum absolute atomic E-state index is 0.237. The maximum atomic E-state index is 12.7. The van der Waals surface area contributed by atoms with Gasteiger partial charge in [0, 0.05) is 22.5 Å². The molecular formula is C22H19ClN4O. The van der Waals surface area contributed by atoms with Crippen LogP contribution in [0.4, 0.5) is 5.69 Å². The fourth-order valence-electron chi connectivity index (χ4n) is 3.29. The Morgan fingerprint density at radius 2 is 1.82 bits per heavy atom. The summed E-state index contributed by atoms with van der Waals surface area (Å²) in [5.74, 6) is -0.237. The van der Waals surface area contributed by atoms with Crippen molar-refractivity contribution < 1.29 is 4.79 Å². The van der Waals surface area contributed by atoms with Crippen LogP contribution in [0.1, 0.15) is 27.3 Å². The van der Waals surface area contributed by atoms with Gasteiger partial charge in [0.15, 0.2) is 5.65 Å². The van der Waals surface area contributed by atoms with E-state index in [9.17, 15) is 4.79 Å². The number of amides is 1. The van der Waals surface area contributed by atoms with Gasteiger partial charge in [0.1, 0.15) is 0 Å². The molecule has 6 heteroatoms. The van der Waals surface area contributed by atoms with E-state index in [0.717, 1.165) is 28.2 Å². The van der Waals surface area contributed by atoms with Crippen molar-refractivity contribution >= 4 is 28.8 Å². The molecule has 5 nitrogen and oxygen atoms in total. The maximum Gasteiger partial charge on any atom is 0.259 e. The molecule has 0 radical (unpaired) electrons. The molecule has 4 aromatic rings. The van der Waals surface area contributed by atoms with Crippen molar-refractivity contribution in [2.75, 3.05) is 5.32 Å². The third-order valence-electron chi connectivity index (χ3n) is 4.71. The van der Waals surface area contributed by atoms with Crippen LogP contribution in [0.3, 0.4) is 0 Å². The summed E-state index contributed by atoms with van der Waals surface area (Å²) >= 11 is 5.90. The molecule has 0 bridgehead atoms. The van der Waals surface area contributed by atoms with Crippen LogP contribution in [0.2, 0.25) is 5.02 Å². The number of benzene rings is 2. The first kappa shape index (κ1) is 18.2. The molecule has 2 aromatic carbocycles. The number of halogens is 1. The zero-order valence-electron chi connectivity index (χ0n) is 15.8. The van der Waals surface area contributed by atoms with Gasteiger partial charge < -0.3 is 5.32 Å². The Morgan fingerprint density at radius 1 is 1.07 bits per heavy atom. The van der Waals surface area contributed by atoms with Gasteiger partial charge in [0.2, 0.25) is 0 Å². The average Bonchev–Trinajstić information content (AvgIpc) is 3.01. The zero-order chi connectivity index (χ0) is 19.8. The lowest BCUT2D eigenvalue weighted by Gasteiger charge is -2.09. The first-order valence-corrected chi connectivity index (χ1v) is 9.31. The van der Waals surface area contributed by atoms with E-state index in [2.05, 4.69) is 40.5 Å². The molecule has 1 amide bonds. The summed E-state index contributed by atoms with van der Waals surface area (Å²) in [6, 6.07) is 15.2. The Bertz CT molecular complexity index is 1200. The van der Waals surface area contributed by atoms with Crippen LogP contribution in [0.15, 0.2) is 54.7 Å². The van der Waals surface area contributed by atoms with Gasteiger partial charge in [-0.15, -0.1) is 0 Å². The number of anilines is 1. The first-order chi connectivity index (χ1) is 13.4. The van der Waals surface area contributed by atoms with Gasteiger partial charge >= 0.3 is 0 Å². The number of hydrogen-bond donors (Lipinski definition) is 1. The second-order valence-electron chi connectivity index (χ2n) is 6.78. The van der Waals surface area contributed by atoms with Crippen molar-refractivity contribution in [1.29, 1.82) is 0 Å². The Kier molecular flexibility index (Phi) is 4.61. The Hall–Kier alpha value is -3.18. The van der Waals surface area contributed by atoms with E-state index in [0.29, 0.717) is 16.3 Å². The molecule has 0 saturated carbocycles. The van der Waals surface area contributed by atoms with Crippen molar-refractivity contribution in [3.05, 3.63) is 82.3 Å². The number of fused-ring (bicyclic) bond motifs is 1. The van der Waals surface area contributed by atoms with Crippen molar-refractivity contribution in [3.63, 3.8) is 0 Å². The molecule has 0 atom stereocenters. The molecule has 0 spiro atoms. The third kappa shape index (κ3) is 3.25. The summed E-state index contributed by atoms with van der Waals surface area (Å²) in [6.07, 6.45) is 1.61. The highest BCUT2D eigenvalue weighted by atomic mass is 35.5. The summed E-state index contributed by atoms with van der Waals surface area (Å²) in [7, 11) is 0. The quantitative estimate of drug-likeness (QED) is 0.521. The minimum atomic E-state index is -0.237. The molecule has 4 rings (SSSR count). The Morgan fingerprint density at radius 3 is 2.54 bits per heavy atom. The molecule has 28 heavy (non-hydrogen) atoms. The fourth-order valence-corrected chi connectivity index (χ4v) is 3.42. The maximum absolute atomic E-state index is 12.7. The summed E-state index contributed by atoms with van der Waals surface area (Å²) in [5, 5.41) is 8.13. The summed E-state index contributed by atoms with van der Waals surface area (Å²) in [6.45, 7) is 5.89.